The molecule has 9 heteroatoms. The van der Waals surface area contributed by atoms with Crippen LogP contribution in [0.15, 0.2) is 12.2 Å². The molecule has 0 aromatic carbocycles. The zero-order valence-electron chi connectivity index (χ0n) is 35.0. The second-order valence-corrected chi connectivity index (χ2v) is 16.2. The summed E-state index contributed by atoms with van der Waals surface area (Å²) in [6.45, 7) is 3.65. The summed E-state index contributed by atoms with van der Waals surface area (Å²) in [5.74, 6) is -0.193. The molecule has 0 aliphatic carbocycles. The van der Waals surface area contributed by atoms with Gasteiger partial charge in [0.25, 0.3) is 0 Å². The van der Waals surface area contributed by atoms with Crippen molar-refractivity contribution in [1.82, 2.24) is 5.32 Å². The molecule has 0 spiro atoms. The summed E-state index contributed by atoms with van der Waals surface area (Å²) in [7, 11) is 0. The molecule has 1 aliphatic rings. The molecule has 7 unspecified atom stereocenters. The van der Waals surface area contributed by atoms with Gasteiger partial charge in [-0.3, -0.25) is 4.79 Å². The first-order valence-electron chi connectivity index (χ1n) is 22.9. The normalized spacial score (nSPS) is 21.5. The van der Waals surface area contributed by atoms with Crippen LogP contribution in [0.2, 0.25) is 0 Å². The van der Waals surface area contributed by atoms with Gasteiger partial charge in [-0.1, -0.05) is 199 Å². The first kappa shape index (κ1) is 50.9. The van der Waals surface area contributed by atoms with Gasteiger partial charge in [0, 0.05) is 6.42 Å². The molecule has 320 valence electrons. The second-order valence-electron chi connectivity index (χ2n) is 16.2. The lowest BCUT2D eigenvalue weighted by atomic mass is 9.99. The molecule has 9 nitrogen and oxygen atoms in total. The Balaban J connectivity index is 2.10. The predicted octanol–water partition coefficient (Wildman–Crippen LogP) is 9.34. The van der Waals surface area contributed by atoms with Crippen molar-refractivity contribution in [3.8, 4) is 0 Å². The highest BCUT2D eigenvalue weighted by Crippen LogP contribution is 2.23. The Kier molecular flexibility index (Phi) is 34.2. The minimum absolute atomic E-state index is 0.186. The molecule has 6 N–H and O–H groups in total. The molecule has 7 atom stereocenters. The molecule has 1 aliphatic heterocycles. The predicted molar refractivity (Wildman–Crippen MR) is 221 cm³/mol. The van der Waals surface area contributed by atoms with Crippen LogP contribution in [0.3, 0.4) is 0 Å². The second kappa shape index (κ2) is 36.3. The number of hydrogen-bond acceptors (Lipinski definition) is 8. The van der Waals surface area contributed by atoms with E-state index in [1.54, 1.807) is 6.08 Å². The molecule has 54 heavy (non-hydrogen) atoms. The van der Waals surface area contributed by atoms with Crippen LogP contribution in [0.5, 0.6) is 0 Å². The number of nitrogens with one attached hydrogen (secondary N) is 1. The summed E-state index contributed by atoms with van der Waals surface area (Å²) in [4.78, 5) is 12.6. The largest absolute Gasteiger partial charge is 0.394 e. The molecule has 1 rings (SSSR count). The van der Waals surface area contributed by atoms with Gasteiger partial charge in [-0.15, -0.1) is 0 Å². The molecular formula is C45H87NO8. The number of amides is 1. The van der Waals surface area contributed by atoms with E-state index in [-0.39, 0.29) is 12.5 Å². The van der Waals surface area contributed by atoms with Crippen molar-refractivity contribution in [2.45, 2.75) is 256 Å². The maximum atomic E-state index is 12.6. The third-order valence-corrected chi connectivity index (χ3v) is 11.1. The monoisotopic (exact) mass is 770 g/mol. The van der Waals surface area contributed by atoms with E-state index in [2.05, 4.69) is 19.2 Å². The third kappa shape index (κ3) is 26.7. The summed E-state index contributed by atoms with van der Waals surface area (Å²) < 4.78 is 11.1. The zero-order chi connectivity index (χ0) is 39.5. The summed E-state index contributed by atoms with van der Waals surface area (Å²) in [6.07, 6.45) is 34.9. The number of aliphatic hydroxyl groups is 5. The number of unbranched alkanes of at least 4 members (excludes halogenated alkanes) is 28. The lowest BCUT2D eigenvalue weighted by Gasteiger charge is -2.40. The topological polar surface area (TPSA) is 149 Å². The summed E-state index contributed by atoms with van der Waals surface area (Å²) in [6, 6.07) is -0.795. The van der Waals surface area contributed by atoms with Crippen LogP contribution in [0.1, 0.15) is 213 Å². The van der Waals surface area contributed by atoms with Gasteiger partial charge in [-0.05, 0) is 19.3 Å². The zero-order valence-corrected chi connectivity index (χ0v) is 35.0. The Labute approximate surface area is 331 Å². The lowest BCUT2D eigenvalue weighted by Crippen LogP contribution is -2.60. The van der Waals surface area contributed by atoms with Crippen LogP contribution >= 0.6 is 0 Å². The number of aliphatic hydroxyl groups excluding tert-OH is 5. The van der Waals surface area contributed by atoms with Crippen molar-refractivity contribution < 1.29 is 39.8 Å². The standard InChI is InChI=1S/C45H87NO8/c1-3-5-7-9-10-11-12-13-14-15-16-17-18-19-20-21-22-23-24-25-26-27-28-29-30-31-32-34-39(48)38(46-41(49)35-33-8-6-4-2)37-53-45-44(52)43(51)42(50)40(36-47)54-45/h32,34,38-40,42-45,47-48,50-52H,3-31,33,35-37H2,1-2H3,(H,46,49)/b34-32+. The quantitative estimate of drug-likeness (QED) is 0.0269. The molecule has 0 aromatic rings. The summed E-state index contributed by atoms with van der Waals surface area (Å²) in [5.41, 5.74) is 0. The molecule has 0 radical (unpaired) electrons. The van der Waals surface area contributed by atoms with E-state index < -0.39 is 49.5 Å². The molecule has 0 aromatic heterocycles. The minimum atomic E-state index is -1.56. The number of carbonyl (C=O) groups is 1. The molecule has 1 fully saturated rings. The highest BCUT2D eigenvalue weighted by Gasteiger charge is 2.44. The molecular weight excluding hydrogens is 682 g/mol. The fraction of sp³-hybridized carbons (Fsp3) is 0.933. The van der Waals surface area contributed by atoms with Gasteiger partial charge in [-0.2, -0.15) is 0 Å². The van der Waals surface area contributed by atoms with Crippen molar-refractivity contribution in [2.75, 3.05) is 13.2 Å². The van der Waals surface area contributed by atoms with Gasteiger partial charge < -0.3 is 40.3 Å². The summed E-state index contributed by atoms with van der Waals surface area (Å²) >= 11 is 0. The van der Waals surface area contributed by atoms with Crippen LogP contribution < -0.4 is 5.32 Å². The van der Waals surface area contributed by atoms with Gasteiger partial charge in [0.1, 0.15) is 24.4 Å². The van der Waals surface area contributed by atoms with Crippen LogP contribution in [0.4, 0.5) is 0 Å². The molecule has 0 saturated carbocycles. The third-order valence-electron chi connectivity index (χ3n) is 11.1. The highest BCUT2D eigenvalue weighted by atomic mass is 16.7. The first-order valence-corrected chi connectivity index (χ1v) is 22.9. The average molecular weight is 770 g/mol. The van der Waals surface area contributed by atoms with Gasteiger partial charge in [0.05, 0.1) is 25.4 Å². The Morgan fingerprint density at radius 2 is 1.02 bits per heavy atom. The number of rotatable bonds is 38. The number of hydrogen-bond donors (Lipinski definition) is 6. The maximum absolute atomic E-state index is 12.6. The van der Waals surface area contributed by atoms with E-state index in [0.29, 0.717) is 6.42 Å². The molecule has 1 amide bonds. The van der Waals surface area contributed by atoms with Crippen molar-refractivity contribution in [2.24, 2.45) is 0 Å². The Bertz CT molecular complexity index is 858. The van der Waals surface area contributed by atoms with Gasteiger partial charge in [0.2, 0.25) is 5.91 Å². The fourth-order valence-corrected chi connectivity index (χ4v) is 7.39. The lowest BCUT2D eigenvalue weighted by molar-refractivity contribution is -0.302. The number of ether oxygens (including phenoxy) is 2. The molecule has 1 heterocycles. The Morgan fingerprint density at radius 3 is 1.44 bits per heavy atom. The van der Waals surface area contributed by atoms with Gasteiger partial charge in [-0.25, -0.2) is 0 Å². The van der Waals surface area contributed by atoms with Gasteiger partial charge >= 0.3 is 0 Å². The van der Waals surface area contributed by atoms with Crippen LogP contribution in [-0.2, 0) is 14.3 Å². The van der Waals surface area contributed by atoms with Crippen molar-refractivity contribution >= 4 is 5.91 Å². The van der Waals surface area contributed by atoms with Crippen LogP contribution in [0, 0.1) is 0 Å². The van der Waals surface area contributed by atoms with Crippen molar-refractivity contribution in [3.63, 3.8) is 0 Å². The van der Waals surface area contributed by atoms with E-state index in [4.69, 9.17) is 9.47 Å². The SMILES string of the molecule is CCCCCCCCCCCCCCCCCCCCCCCCCCC/C=C/C(O)C(COC1OC(CO)C(O)C(O)C1O)NC(=O)CCCCCC. The van der Waals surface area contributed by atoms with E-state index in [1.807, 2.05) is 6.08 Å². The van der Waals surface area contributed by atoms with Crippen molar-refractivity contribution in [3.05, 3.63) is 12.2 Å². The van der Waals surface area contributed by atoms with Crippen LogP contribution in [0.25, 0.3) is 0 Å². The minimum Gasteiger partial charge on any atom is -0.394 e. The molecule has 1 saturated heterocycles. The van der Waals surface area contributed by atoms with E-state index in [1.165, 1.54) is 148 Å². The molecule has 0 bridgehead atoms. The van der Waals surface area contributed by atoms with Gasteiger partial charge in [0.15, 0.2) is 6.29 Å². The number of carbonyl (C=O) groups excluding carboxylic acids is 1. The van der Waals surface area contributed by atoms with E-state index in [9.17, 15) is 30.3 Å². The smallest absolute Gasteiger partial charge is 0.220 e. The Morgan fingerprint density at radius 1 is 0.611 bits per heavy atom. The fourth-order valence-electron chi connectivity index (χ4n) is 7.39. The van der Waals surface area contributed by atoms with Crippen LogP contribution in [-0.4, -0.2) is 87.5 Å². The maximum Gasteiger partial charge on any atom is 0.220 e. The summed E-state index contributed by atoms with van der Waals surface area (Å²) in [5, 5.41) is 53.7. The highest BCUT2D eigenvalue weighted by molar-refractivity contribution is 5.76. The van der Waals surface area contributed by atoms with Crippen molar-refractivity contribution in [1.29, 1.82) is 0 Å². The first-order chi connectivity index (χ1) is 26.3. The average Bonchev–Trinajstić information content (AvgIpc) is 3.17. The van der Waals surface area contributed by atoms with E-state index >= 15 is 0 Å². The number of allylic oxidation sites excluding steroid dienone is 1. The Hall–Kier alpha value is -1.07. The van der Waals surface area contributed by atoms with E-state index in [0.717, 1.165) is 44.9 Å².